The third-order valence-electron chi connectivity index (χ3n) is 4.05. The molecular weight excluding hydrogens is 360 g/mol. The van der Waals surface area contributed by atoms with E-state index in [1.807, 2.05) is 37.3 Å². The Balaban J connectivity index is 1.88. The van der Waals surface area contributed by atoms with E-state index < -0.39 is 10.0 Å². The van der Waals surface area contributed by atoms with Crippen molar-refractivity contribution in [1.82, 2.24) is 9.46 Å². The van der Waals surface area contributed by atoms with E-state index in [4.69, 9.17) is 4.52 Å². The average molecular weight is 380 g/mol. The summed E-state index contributed by atoms with van der Waals surface area (Å²) in [6.07, 6.45) is 0. The van der Waals surface area contributed by atoms with Gasteiger partial charge in [0.25, 0.3) is 0 Å². The van der Waals surface area contributed by atoms with Gasteiger partial charge >= 0.3 is 0 Å². The van der Waals surface area contributed by atoms with E-state index in [1.165, 1.54) is 4.31 Å². The minimum Gasteiger partial charge on any atom is -0.359 e. The van der Waals surface area contributed by atoms with E-state index in [0.29, 0.717) is 11.5 Å². The van der Waals surface area contributed by atoms with Gasteiger partial charge in [-0.15, -0.1) is 5.92 Å². The summed E-state index contributed by atoms with van der Waals surface area (Å²) in [5, 5.41) is 4.05. The number of benzene rings is 2. The van der Waals surface area contributed by atoms with Crippen LogP contribution in [-0.2, 0) is 16.6 Å². The predicted molar refractivity (Wildman–Crippen MR) is 104 cm³/mol. The molecule has 0 N–H and O–H groups in total. The molecule has 0 aliphatic heterocycles. The molecule has 0 bridgehead atoms. The highest BCUT2D eigenvalue weighted by molar-refractivity contribution is 7.89. The summed E-state index contributed by atoms with van der Waals surface area (Å²) in [5.74, 6) is 6.03. The molecule has 0 aliphatic carbocycles. The van der Waals surface area contributed by atoms with Crippen LogP contribution in [0.3, 0.4) is 0 Å². The Hall–Kier alpha value is -2.88. The summed E-state index contributed by atoms with van der Waals surface area (Å²) in [6.45, 7) is 3.73. The fourth-order valence-corrected chi connectivity index (χ4v) is 3.87. The largest absolute Gasteiger partial charge is 0.359 e. The topological polar surface area (TPSA) is 63.4 Å². The van der Waals surface area contributed by atoms with E-state index in [0.717, 1.165) is 11.1 Å². The molecule has 27 heavy (non-hydrogen) atoms. The molecule has 0 saturated heterocycles. The molecule has 0 spiro atoms. The van der Waals surface area contributed by atoms with Gasteiger partial charge in [0.2, 0.25) is 10.0 Å². The van der Waals surface area contributed by atoms with Crippen LogP contribution in [0, 0.1) is 18.8 Å². The van der Waals surface area contributed by atoms with Crippen LogP contribution in [-0.4, -0.2) is 24.4 Å². The Morgan fingerprint density at radius 2 is 1.78 bits per heavy atom. The van der Waals surface area contributed by atoms with Crippen LogP contribution in [0.2, 0.25) is 0 Å². The second-order valence-corrected chi connectivity index (χ2v) is 8.00. The molecule has 0 saturated carbocycles. The maximum absolute atomic E-state index is 13.0. The zero-order valence-electron chi connectivity index (χ0n) is 15.2. The van der Waals surface area contributed by atoms with Gasteiger partial charge in [-0.05, 0) is 26.0 Å². The van der Waals surface area contributed by atoms with Crippen LogP contribution in [0.5, 0.6) is 0 Å². The first kappa shape index (κ1) is 18.9. The summed E-state index contributed by atoms with van der Waals surface area (Å²) in [7, 11) is -3.70. The van der Waals surface area contributed by atoms with Crippen LogP contribution in [0.15, 0.2) is 70.1 Å². The van der Waals surface area contributed by atoms with Gasteiger partial charge < -0.3 is 4.52 Å². The van der Waals surface area contributed by atoms with Gasteiger partial charge in [0, 0.05) is 11.6 Å². The molecule has 0 radical (unpaired) electrons. The molecule has 0 unspecified atom stereocenters. The minimum absolute atomic E-state index is 0.0602. The Bertz CT molecular complexity index is 1060. The zero-order chi connectivity index (χ0) is 19.3. The predicted octanol–water partition coefficient (Wildman–Crippen LogP) is 3.86. The molecular formula is C21H20N2O3S. The van der Waals surface area contributed by atoms with E-state index in [1.54, 1.807) is 37.3 Å². The quantitative estimate of drug-likeness (QED) is 0.609. The van der Waals surface area contributed by atoms with Crippen molar-refractivity contribution in [3.05, 3.63) is 72.0 Å². The van der Waals surface area contributed by atoms with Crippen LogP contribution in [0.1, 0.15) is 18.2 Å². The van der Waals surface area contributed by atoms with Gasteiger partial charge in [-0.2, -0.15) is 4.31 Å². The smallest absolute Gasteiger partial charge is 0.244 e. The lowest BCUT2D eigenvalue weighted by molar-refractivity contribution is 0.336. The lowest BCUT2D eigenvalue weighted by Gasteiger charge is -2.18. The maximum atomic E-state index is 13.0. The molecule has 0 atom stereocenters. The summed E-state index contributed by atoms with van der Waals surface area (Å²) < 4.78 is 32.7. The van der Waals surface area contributed by atoms with E-state index in [-0.39, 0.29) is 18.0 Å². The molecule has 2 aromatic carbocycles. The molecule has 1 heterocycles. The van der Waals surface area contributed by atoms with Crippen LogP contribution in [0.25, 0.3) is 11.3 Å². The monoisotopic (exact) mass is 380 g/mol. The number of sulfonamides is 1. The first-order valence-corrected chi connectivity index (χ1v) is 9.92. The average Bonchev–Trinajstić information content (AvgIpc) is 3.15. The van der Waals surface area contributed by atoms with Crippen molar-refractivity contribution in [2.24, 2.45) is 0 Å². The highest BCUT2D eigenvalue weighted by Gasteiger charge is 2.25. The van der Waals surface area contributed by atoms with Crippen LogP contribution in [0.4, 0.5) is 0 Å². The summed E-state index contributed by atoms with van der Waals surface area (Å²) in [5.41, 5.74) is 2.57. The van der Waals surface area contributed by atoms with Crippen molar-refractivity contribution in [1.29, 1.82) is 0 Å². The highest BCUT2D eigenvalue weighted by Crippen LogP contribution is 2.22. The minimum atomic E-state index is -3.70. The fourth-order valence-electron chi connectivity index (χ4n) is 2.56. The maximum Gasteiger partial charge on any atom is 0.244 e. The van der Waals surface area contributed by atoms with E-state index in [9.17, 15) is 8.42 Å². The Labute approximate surface area is 159 Å². The summed E-state index contributed by atoms with van der Waals surface area (Å²) in [4.78, 5) is 0.230. The van der Waals surface area contributed by atoms with Crippen molar-refractivity contribution in [3.8, 4) is 23.1 Å². The highest BCUT2D eigenvalue weighted by atomic mass is 32.2. The number of aryl methyl sites for hydroxylation is 1. The Kier molecular flexibility index (Phi) is 5.75. The molecule has 3 rings (SSSR count). The van der Waals surface area contributed by atoms with Crippen LogP contribution < -0.4 is 0 Å². The van der Waals surface area contributed by atoms with Crippen molar-refractivity contribution in [2.75, 3.05) is 6.54 Å². The van der Waals surface area contributed by atoms with Crippen molar-refractivity contribution in [3.63, 3.8) is 0 Å². The van der Waals surface area contributed by atoms with Crippen molar-refractivity contribution < 1.29 is 12.9 Å². The molecule has 0 fully saturated rings. The summed E-state index contributed by atoms with van der Waals surface area (Å²) in [6, 6.07) is 18.1. The zero-order valence-corrected chi connectivity index (χ0v) is 16.0. The van der Waals surface area contributed by atoms with Crippen molar-refractivity contribution >= 4 is 10.0 Å². The number of nitrogens with zero attached hydrogens (tertiary/aromatic N) is 2. The number of hydrogen-bond donors (Lipinski definition) is 0. The lowest BCUT2D eigenvalue weighted by Crippen LogP contribution is -2.31. The Morgan fingerprint density at radius 1 is 1.07 bits per heavy atom. The molecule has 0 amide bonds. The number of rotatable bonds is 6. The fraction of sp³-hybridized carbons (Fsp3) is 0.190. The van der Waals surface area contributed by atoms with Gasteiger partial charge in [0.15, 0.2) is 5.76 Å². The third kappa shape index (κ3) is 4.45. The number of aromatic nitrogens is 1. The molecule has 1 aromatic heterocycles. The molecule has 6 heteroatoms. The molecule has 5 nitrogen and oxygen atoms in total. The normalized spacial score (nSPS) is 11.2. The van der Waals surface area contributed by atoms with Gasteiger partial charge in [0.05, 0.1) is 18.0 Å². The summed E-state index contributed by atoms with van der Waals surface area (Å²) >= 11 is 0. The third-order valence-corrected chi connectivity index (χ3v) is 5.86. The van der Waals surface area contributed by atoms with Gasteiger partial charge in [-0.1, -0.05) is 59.1 Å². The van der Waals surface area contributed by atoms with Gasteiger partial charge in [-0.25, -0.2) is 8.42 Å². The molecule has 3 aromatic rings. The second kappa shape index (κ2) is 8.21. The van der Waals surface area contributed by atoms with Crippen LogP contribution >= 0.6 is 0 Å². The lowest BCUT2D eigenvalue weighted by atomic mass is 10.1. The SMILES string of the molecule is CC#CCN(Cc1cc(-c2ccccc2)no1)S(=O)(=O)c1ccc(C)cc1. The van der Waals surface area contributed by atoms with Gasteiger partial charge in [0.1, 0.15) is 5.69 Å². The van der Waals surface area contributed by atoms with Gasteiger partial charge in [-0.3, -0.25) is 0 Å². The standard InChI is InChI=1S/C21H20N2O3S/c1-3-4-14-23(27(24,25)20-12-10-17(2)11-13-20)16-19-15-21(22-26-19)18-8-6-5-7-9-18/h5-13,15H,14,16H2,1-2H3. The first-order chi connectivity index (χ1) is 13.0. The Morgan fingerprint density at radius 3 is 2.44 bits per heavy atom. The first-order valence-electron chi connectivity index (χ1n) is 8.48. The van der Waals surface area contributed by atoms with E-state index in [2.05, 4.69) is 17.0 Å². The second-order valence-electron chi connectivity index (χ2n) is 6.06. The number of hydrogen-bond acceptors (Lipinski definition) is 4. The molecule has 138 valence electrons. The van der Waals surface area contributed by atoms with Crippen molar-refractivity contribution in [2.45, 2.75) is 25.3 Å². The van der Waals surface area contributed by atoms with E-state index >= 15 is 0 Å². The molecule has 0 aliphatic rings.